The Balaban J connectivity index is 1.83. The quantitative estimate of drug-likeness (QED) is 0.571. The van der Waals surface area contributed by atoms with Crippen molar-refractivity contribution in [1.29, 1.82) is 0 Å². The van der Waals surface area contributed by atoms with E-state index in [-0.39, 0.29) is 17.0 Å². The van der Waals surface area contributed by atoms with E-state index < -0.39 is 12.0 Å². The van der Waals surface area contributed by atoms with Gasteiger partial charge in [-0.3, -0.25) is 14.4 Å². The van der Waals surface area contributed by atoms with Crippen LogP contribution in [0, 0.1) is 6.92 Å². The topological polar surface area (TPSA) is 114 Å². The molecule has 2 atom stereocenters. The number of hydrogen-bond acceptors (Lipinski definition) is 7. The molecule has 1 aromatic rings. The maximum absolute atomic E-state index is 11.8. The summed E-state index contributed by atoms with van der Waals surface area (Å²) in [7, 11) is 1.80. The number of aryl methyl sites for hydroxylation is 1. The summed E-state index contributed by atoms with van der Waals surface area (Å²) in [5.41, 5.74) is 7.43. The van der Waals surface area contributed by atoms with Gasteiger partial charge in [0.25, 0.3) is 0 Å². The highest BCUT2D eigenvalue weighted by Gasteiger charge is 2.51. The van der Waals surface area contributed by atoms with Gasteiger partial charge < -0.3 is 10.8 Å². The zero-order valence-corrected chi connectivity index (χ0v) is 13.6. The summed E-state index contributed by atoms with van der Waals surface area (Å²) < 4.78 is 1.67. The molecule has 3 heterocycles. The molecule has 8 nitrogen and oxygen atoms in total. The number of aromatic nitrogens is 3. The molecule has 0 saturated carbocycles. The van der Waals surface area contributed by atoms with Crippen LogP contribution in [-0.4, -0.2) is 59.8 Å². The van der Waals surface area contributed by atoms with Crippen LogP contribution >= 0.6 is 23.5 Å². The first-order valence-electron chi connectivity index (χ1n) is 6.56. The zero-order chi connectivity index (χ0) is 16.0. The van der Waals surface area contributed by atoms with Gasteiger partial charge in [0, 0.05) is 18.6 Å². The first kappa shape index (κ1) is 15.4. The molecular weight excluding hydrogens is 326 g/mol. The number of amides is 1. The van der Waals surface area contributed by atoms with Crippen molar-refractivity contribution in [1.82, 2.24) is 19.9 Å². The number of rotatable bonds is 4. The number of thioether (sulfide) groups is 2. The van der Waals surface area contributed by atoms with Crippen LogP contribution in [0.3, 0.4) is 0 Å². The number of carboxylic acid groups (broad SMARTS) is 1. The van der Waals surface area contributed by atoms with Crippen molar-refractivity contribution in [2.75, 3.05) is 11.5 Å². The maximum Gasteiger partial charge on any atom is 0.352 e. The molecule has 0 aliphatic carbocycles. The summed E-state index contributed by atoms with van der Waals surface area (Å²) in [6.45, 7) is 1.90. The Hall–Kier alpha value is -1.52. The van der Waals surface area contributed by atoms with Gasteiger partial charge in [0.15, 0.2) is 0 Å². The maximum atomic E-state index is 11.8. The van der Waals surface area contributed by atoms with Crippen LogP contribution in [0.2, 0.25) is 0 Å². The monoisotopic (exact) mass is 341 g/mol. The molecule has 0 spiro atoms. The minimum atomic E-state index is -1.09. The fourth-order valence-electron chi connectivity index (χ4n) is 2.37. The zero-order valence-electron chi connectivity index (χ0n) is 12.0. The van der Waals surface area contributed by atoms with Crippen LogP contribution in [0.5, 0.6) is 0 Å². The molecule has 118 valence electrons. The van der Waals surface area contributed by atoms with Gasteiger partial charge in [-0.05, 0) is 12.5 Å². The molecule has 0 radical (unpaired) electrons. The van der Waals surface area contributed by atoms with Crippen LogP contribution in [0.4, 0.5) is 0 Å². The number of β-lactam (4-membered cyclic amide) rings is 1. The molecule has 0 bridgehead atoms. The summed E-state index contributed by atoms with van der Waals surface area (Å²) in [6, 6.07) is -0.601. The SMILES string of the molecule is Cc1c(SCC2=C(C(=O)O)N3C(=O)C(N)C3SC2)nnn1C. The Morgan fingerprint density at radius 2 is 2.32 bits per heavy atom. The van der Waals surface area contributed by atoms with E-state index in [1.165, 1.54) is 28.4 Å². The van der Waals surface area contributed by atoms with E-state index in [1.807, 2.05) is 6.92 Å². The predicted octanol–water partition coefficient (Wildman–Crippen LogP) is -0.203. The van der Waals surface area contributed by atoms with E-state index in [1.54, 1.807) is 11.7 Å². The van der Waals surface area contributed by atoms with Crippen molar-refractivity contribution in [3.8, 4) is 0 Å². The van der Waals surface area contributed by atoms with Gasteiger partial charge in [-0.25, -0.2) is 4.79 Å². The highest BCUT2D eigenvalue weighted by atomic mass is 32.2. The van der Waals surface area contributed by atoms with Crippen molar-refractivity contribution in [3.63, 3.8) is 0 Å². The average molecular weight is 341 g/mol. The Morgan fingerprint density at radius 1 is 1.59 bits per heavy atom. The van der Waals surface area contributed by atoms with Crippen molar-refractivity contribution < 1.29 is 14.7 Å². The lowest BCUT2D eigenvalue weighted by atomic mass is 10.0. The first-order chi connectivity index (χ1) is 10.4. The van der Waals surface area contributed by atoms with Gasteiger partial charge in [-0.2, -0.15) is 0 Å². The van der Waals surface area contributed by atoms with Gasteiger partial charge >= 0.3 is 5.97 Å². The van der Waals surface area contributed by atoms with E-state index in [4.69, 9.17) is 5.73 Å². The molecule has 0 aromatic carbocycles. The Morgan fingerprint density at radius 3 is 2.91 bits per heavy atom. The lowest BCUT2D eigenvalue weighted by molar-refractivity contribution is -0.147. The van der Waals surface area contributed by atoms with Gasteiger partial charge in [0.1, 0.15) is 22.1 Å². The predicted molar refractivity (Wildman–Crippen MR) is 82.2 cm³/mol. The standard InChI is InChI=1S/C12H15N5O3S2/c1-5-9(14-15-16(5)2)21-3-6-4-22-11-7(13)10(18)17(11)8(6)12(19)20/h7,11H,3-4,13H2,1-2H3,(H,19,20). The molecule has 3 N–H and O–H groups in total. The van der Waals surface area contributed by atoms with Gasteiger partial charge in [-0.15, -0.1) is 16.9 Å². The van der Waals surface area contributed by atoms with Gasteiger partial charge in [0.2, 0.25) is 5.91 Å². The lowest BCUT2D eigenvalue weighted by Gasteiger charge is -2.48. The number of nitrogens with zero attached hydrogens (tertiary/aromatic N) is 4. The number of hydrogen-bond donors (Lipinski definition) is 2. The number of aliphatic carboxylic acids is 1. The van der Waals surface area contributed by atoms with Crippen LogP contribution in [0.25, 0.3) is 0 Å². The average Bonchev–Trinajstić information content (AvgIpc) is 2.82. The van der Waals surface area contributed by atoms with Crippen molar-refractivity contribution in [2.24, 2.45) is 12.8 Å². The second-order valence-electron chi connectivity index (χ2n) is 5.09. The molecule has 2 aliphatic heterocycles. The van der Waals surface area contributed by atoms with E-state index in [9.17, 15) is 14.7 Å². The number of fused-ring (bicyclic) bond motifs is 1. The summed E-state index contributed by atoms with van der Waals surface area (Å²) in [4.78, 5) is 24.7. The molecule has 22 heavy (non-hydrogen) atoms. The molecule has 1 aromatic heterocycles. The summed E-state index contributed by atoms with van der Waals surface area (Å²) >= 11 is 2.93. The molecular formula is C12H15N5O3S2. The van der Waals surface area contributed by atoms with Crippen LogP contribution in [0.1, 0.15) is 5.69 Å². The van der Waals surface area contributed by atoms with E-state index in [2.05, 4.69) is 10.3 Å². The van der Waals surface area contributed by atoms with Gasteiger partial charge in [0.05, 0.1) is 5.69 Å². The third kappa shape index (κ3) is 2.31. The van der Waals surface area contributed by atoms with Crippen molar-refractivity contribution >= 4 is 35.4 Å². The highest BCUT2D eigenvalue weighted by molar-refractivity contribution is 8.01. The molecule has 2 aliphatic rings. The summed E-state index contributed by atoms with van der Waals surface area (Å²) in [5.74, 6) is -0.402. The van der Waals surface area contributed by atoms with E-state index in [0.717, 1.165) is 10.7 Å². The Bertz CT molecular complexity index is 686. The molecule has 1 fully saturated rings. The number of carbonyl (C=O) groups is 2. The minimum Gasteiger partial charge on any atom is -0.477 e. The van der Waals surface area contributed by atoms with Crippen LogP contribution < -0.4 is 5.73 Å². The fourth-order valence-corrected chi connectivity index (χ4v) is 4.77. The largest absolute Gasteiger partial charge is 0.477 e. The second-order valence-corrected chi connectivity index (χ2v) is 7.15. The van der Waals surface area contributed by atoms with E-state index in [0.29, 0.717) is 17.1 Å². The Kier molecular flexibility index (Phi) is 3.91. The summed E-state index contributed by atoms with van der Waals surface area (Å²) in [6.07, 6.45) is 0. The first-order valence-corrected chi connectivity index (χ1v) is 8.60. The number of carboxylic acids is 1. The molecule has 10 heteroatoms. The highest BCUT2D eigenvalue weighted by Crippen LogP contribution is 2.40. The lowest BCUT2D eigenvalue weighted by Crippen LogP contribution is -2.68. The fraction of sp³-hybridized carbons (Fsp3) is 0.500. The smallest absolute Gasteiger partial charge is 0.352 e. The van der Waals surface area contributed by atoms with Crippen molar-refractivity contribution in [2.45, 2.75) is 23.4 Å². The van der Waals surface area contributed by atoms with Crippen LogP contribution in [-0.2, 0) is 16.6 Å². The second kappa shape index (κ2) is 5.60. The minimum absolute atomic E-state index is 0.0736. The van der Waals surface area contributed by atoms with Gasteiger partial charge in [-0.1, -0.05) is 17.0 Å². The number of nitrogens with two attached hydrogens (primary N) is 1. The Labute approximate surface area is 135 Å². The third-order valence-electron chi connectivity index (χ3n) is 3.74. The normalized spacial score (nSPS) is 24.3. The third-order valence-corrected chi connectivity index (χ3v) is 6.24. The molecule has 3 rings (SSSR count). The molecule has 1 amide bonds. The summed E-state index contributed by atoms with van der Waals surface area (Å²) in [5, 5.41) is 17.9. The molecule has 1 saturated heterocycles. The molecule has 2 unspecified atom stereocenters. The van der Waals surface area contributed by atoms with E-state index >= 15 is 0 Å². The number of carbonyl (C=O) groups excluding carboxylic acids is 1. The van der Waals surface area contributed by atoms with Crippen LogP contribution in [0.15, 0.2) is 16.3 Å². The van der Waals surface area contributed by atoms with Crippen molar-refractivity contribution in [3.05, 3.63) is 17.0 Å².